The van der Waals surface area contributed by atoms with Gasteiger partial charge in [-0.1, -0.05) is 0 Å². The van der Waals surface area contributed by atoms with E-state index in [4.69, 9.17) is 0 Å². The molecule has 0 amide bonds. The second-order valence-corrected chi connectivity index (χ2v) is 5.22. The van der Waals surface area contributed by atoms with E-state index in [0.717, 1.165) is 0 Å². The highest BCUT2D eigenvalue weighted by Gasteiger charge is 2.19. The molecule has 0 spiro atoms. The Hall–Kier alpha value is -1.73. The van der Waals surface area contributed by atoms with Gasteiger partial charge < -0.3 is 4.98 Å². The Bertz CT molecular complexity index is 566. The Morgan fingerprint density at radius 1 is 1.41 bits per heavy atom. The zero-order valence-corrected chi connectivity index (χ0v) is 9.98. The quantitative estimate of drug-likeness (QED) is 0.844. The van der Waals surface area contributed by atoms with Gasteiger partial charge in [0.15, 0.2) is 0 Å². The molecule has 0 bridgehead atoms. The molecule has 1 unspecified atom stereocenters. The molecule has 2 N–H and O–H groups in total. The van der Waals surface area contributed by atoms with Gasteiger partial charge in [0.25, 0.3) is 0 Å². The number of imidazole rings is 1. The first-order valence-electron chi connectivity index (χ1n) is 5.01. The van der Waals surface area contributed by atoms with E-state index in [1.165, 1.54) is 18.5 Å². The summed E-state index contributed by atoms with van der Waals surface area (Å²) >= 11 is 0. The van der Waals surface area contributed by atoms with Crippen molar-refractivity contribution in [3.05, 3.63) is 42.7 Å². The maximum atomic E-state index is 11.9. The molecule has 90 valence electrons. The third kappa shape index (κ3) is 2.69. The molecule has 6 nitrogen and oxygen atoms in total. The summed E-state index contributed by atoms with van der Waals surface area (Å²) in [6.07, 6.45) is 6.04. The summed E-state index contributed by atoms with van der Waals surface area (Å²) in [5, 5.41) is 0. The number of sulfonamides is 1. The minimum absolute atomic E-state index is 0.137. The molecule has 0 aliphatic carbocycles. The summed E-state index contributed by atoms with van der Waals surface area (Å²) in [5.41, 5.74) is 0. The van der Waals surface area contributed by atoms with Gasteiger partial charge in [-0.25, -0.2) is 18.1 Å². The molecular formula is C10H12N4O2S. The van der Waals surface area contributed by atoms with E-state index in [9.17, 15) is 8.42 Å². The van der Waals surface area contributed by atoms with E-state index in [2.05, 4.69) is 19.7 Å². The lowest BCUT2D eigenvalue weighted by atomic mass is 10.3. The lowest BCUT2D eigenvalue weighted by Crippen LogP contribution is -2.27. The van der Waals surface area contributed by atoms with Gasteiger partial charge in [0.1, 0.15) is 10.7 Å². The number of nitrogens with zero attached hydrogens (tertiary/aromatic N) is 2. The molecule has 0 saturated heterocycles. The molecule has 2 rings (SSSR count). The summed E-state index contributed by atoms with van der Waals surface area (Å²) in [5.74, 6) is 0.567. The smallest absolute Gasteiger partial charge is 0.242 e. The van der Waals surface area contributed by atoms with Crippen LogP contribution in [0.1, 0.15) is 18.8 Å². The minimum atomic E-state index is -3.56. The third-order valence-electron chi connectivity index (χ3n) is 2.21. The lowest BCUT2D eigenvalue weighted by molar-refractivity contribution is 0.561. The van der Waals surface area contributed by atoms with Gasteiger partial charge >= 0.3 is 0 Å². The van der Waals surface area contributed by atoms with Crippen molar-refractivity contribution in [2.45, 2.75) is 17.9 Å². The Morgan fingerprint density at radius 3 is 2.82 bits per heavy atom. The highest BCUT2D eigenvalue weighted by molar-refractivity contribution is 7.89. The van der Waals surface area contributed by atoms with E-state index < -0.39 is 16.1 Å². The van der Waals surface area contributed by atoms with Gasteiger partial charge in [0.2, 0.25) is 10.0 Å². The third-order valence-corrected chi connectivity index (χ3v) is 3.73. The number of aromatic amines is 1. The summed E-state index contributed by atoms with van der Waals surface area (Å²) < 4.78 is 26.4. The molecule has 0 fully saturated rings. The number of rotatable bonds is 4. The molecule has 2 heterocycles. The first-order valence-corrected chi connectivity index (χ1v) is 6.49. The zero-order valence-electron chi connectivity index (χ0n) is 9.16. The average molecular weight is 252 g/mol. The molecule has 0 aliphatic rings. The van der Waals surface area contributed by atoms with E-state index in [1.54, 1.807) is 25.4 Å². The molecule has 0 aromatic carbocycles. The van der Waals surface area contributed by atoms with Gasteiger partial charge in [-0.3, -0.25) is 4.98 Å². The van der Waals surface area contributed by atoms with E-state index >= 15 is 0 Å². The highest BCUT2D eigenvalue weighted by Crippen LogP contribution is 2.12. The Kier molecular flexibility index (Phi) is 3.21. The number of aromatic nitrogens is 3. The standard InChI is InChI=1S/C10H12N4O2S/c1-8(10-12-5-6-13-10)14-17(15,16)9-3-2-4-11-7-9/h2-8,14H,1H3,(H,12,13). The van der Waals surface area contributed by atoms with Crippen LogP contribution in [0.2, 0.25) is 0 Å². The van der Waals surface area contributed by atoms with Crippen LogP contribution in [-0.2, 0) is 10.0 Å². The van der Waals surface area contributed by atoms with Crippen molar-refractivity contribution < 1.29 is 8.42 Å². The van der Waals surface area contributed by atoms with Crippen LogP contribution in [0.5, 0.6) is 0 Å². The number of pyridine rings is 1. The first kappa shape index (κ1) is 11.7. The second kappa shape index (κ2) is 4.64. The van der Waals surface area contributed by atoms with Gasteiger partial charge in [-0.2, -0.15) is 0 Å². The fourth-order valence-electron chi connectivity index (χ4n) is 1.38. The Labute approximate surface area is 99.2 Å². The van der Waals surface area contributed by atoms with E-state index in [1.807, 2.05) is 0 Å². The largest absolute Gasteiger partial charge is 0.347 e. The highest BCUT2D eigenvalue weighted by atomic mass is 32.2. The molecule has 2 aromatic rings. The predicted octanol–water partition coefficient (Wildman–Crippen LogP) is 0.844. The molecule has 17 heavy (non-hydrogen) atoms. The van der Waals surface area contributed by atoms with Crippen LogP contribution >= 0.6 is 0 Å². The van der Waals surface area contributed by atoms with Crippen LogP contribution in [0.4, 0.5) is 0 Å². The van der Waals surface area contributed by atoms with Gasteiger partial charge in [0.05, 0.1) is 6.04 Å². The van der Waals surface area contributed by atoms with Crippen molar-refractivity contribution in [2.24, 2.45) is 0 Å². The van der Waals surface area contributed by atoms with Gasteiger partial charge in [-0.05, 0) is 19.1 Å². The van der Waals surface area contributed by atoms with Crippen molar-refractivity contribution in [3.8, 4) is 0 Å². The van der Waals surface area contributed by atoms with Crippen molar-refractivity contribution >= 4 is 10.0 Å². The van der Waals surface area contributed by atoms with E-state index in [0.29, 0.717) is 5.82 Å². The van der Waals surface area contributed by atoms with E-state index in [-0.39, 0.29) is 4.90 Å². The number of hydrogen-bond donors (Lipinski definition) is 2. The van der Waals surface area contributed by atoms with Crippen molar-refractivity contribution in [3.63, 3.8) is 0 Å². The Morgan fingerprint density at radius 2 is 2.24 bits per heavy atom. The molecule has 0 saturated carbocycles. The number of hydrogen-bond acceptors (Lipinski definition) is 4. The first-order chi connectivity index (χ1) is 8.09. The van der Waals surface area contributed by atoms with Crippen LogP contribution in [0.3, 0.4) is 0 Å². The predicted molar refractivity (Wildman–Crippen MR) is 61.6 cm³/mol. The van der Waals surface area contributed by atoms with Gasteiger partial charge in [-0.15, -0.1) is 0 Å². The molecule has 0 radical (unpaired) electrons. The lowest BCUT2D eigenvalue weighted by Gasteiger charge is -2.11. The summed E-state index contributed by atoms with van der Waals surface area (Å²) in [7, 11) is -3.56. The van der Waals surface area contributed by atoms with Crippen LogP contribution in [0.25, 0.3) is 0 Å². The number of nitrogens with one attached hydrogen (secondary N) is 2. The van der Waals surface area contributed by atoms with Gasteiger partial charge in [0, 0.05) is 24.8 Å². The molecule has 0 aliphatic heterocycles. The summed E-state index contributed by atoms with van der Waals surface area (Å²) in [4.78, 5) is 10.8. The topological polar surface area (TPSA) is 87.7 Å². The normalized spacial score (nSPS) is 13.5. The SMILES string of the molecule is CC(NS(=O)(=O)c1cccnc1)c1ncc[nH]1. The van der Waals surface area contributed by atoms with Crippen molar-refractivity contribution in [2.75, 3.05) is 0 Å². The van der Waals surface area contributed by atoms with Crippen LogP contribution in [-0.4, -0.2) is 23.4 Å². The Balaban J connectivity index is 2.19. The number of H-pyrrole nitrogens is 1. The maximum absolute atomic E-state index is 11.9. The van der Waals surface area contributed by atoms with Crippen LogP contribution in [0.15, 0.2) is 41.8 Å². The molecule has 7 heteroatoms. The molecule has 2 aromatic heterocycles. The molecule has 1 atom stereocenters. The van der Waals surface area contributed by atoms with Crippen molar-refractivity contribution in [1.29, 1.82) is 0 Å². The maximum Gasteiger partial charge on any atom is 0.242 e. The fraction of sp³-hybridized carbons (Fsp3) is 0.200. The second-order valence-electron chi connectivity index (χ2n) is 3.51. The average Bonchev–Trinajstić information content (AvgIpc) is 2.83. The van der Waals surface area contributed by atoms with Crippen LogP contribution in [0, 0.1) is 0 Å². The minimum Gasteiger partial charge on any atom is -0.347 e. The van der Waals surface area contributed by atoms with Crippen molar-refractivity contribution in [1.82, 2.24) is 19.7 Å². The summed E-state index contributed by atoms with van der Waals surface area (Å²) in [6.45, 7) is 1.72. The van der Waals surface area contributed by atoms with Crippen LogP contribution < -0.4 is 4.72 Å². The molecular weight excluding hydrogens is 240 g/mol. The monoisotopic (exact) mass is 252 g/mol. The summed E-state index contributed by atoms with van der Waals surface area (Å²) in [6, 6.07) is 2.64. The fourth-order valence-corrected chi connectivity index (χ4v) is 2.55. The zero-order chi connectivity index (χ0) is 12.3.